The van der Waals surface area contributed by atoms with Gasteiger partial charge in [0, 0.05) is 16.2 Å². The Balaban J connectivity index is 2.31. The average Bonchev–Trinajstić information content (AvgIpc) is 3.05. The van der Waals surface area contributed by atoms with Crippen molar-refractivity contribution in [1.82, 2.24) is 4.72 Å². The van der Waals surface area contributed by atoms with Gasteiger partial charge >= 0.3 is 0 Å². The molecular weight excluding hydrogens is 323 g/mol. The Morgan fingerprint density at radius 3 is 2.67 bits per heavy atom. The van der Waals surface area contributed by atoms with E-state index in [0.717, 1.165) is 25.0 Å². The first-order chi connectivity index (χ1) is 8.31. The number of nitrogen functional groups attached to an aromatic ring is 1. The highest BCUT2D eigenvalue weighted by Crippen LogP contribution is 2.33. The van der Waals surface area contributed by atoms with Crippen LogP contribution in [0.15, 0.2) is 21.5 Å². The van der Waals surface area contributed by atoms with Gasteiger partial charge in [-0.15, -0.1) is 0 Å². The molecule has 4 nitrogen and oxygen atoms in total. The van der Waals surface area contributed by atoms with Crippen LogP contribution in [0.3, 0.4) is 0 Å². The third-order valence-electron chi connectivity index (χ3n) is 3.01. The summed E-state index contributed by atoms with van der Waals surface area (Å²) < 4.78 is 40.6. The van der Waals surface area contributed by atoms with Gasteiger partial charge in [-0.05, 0) is 53.7 Å². The van der Waals surface area contributed by atoms with Gasteiger partial charge in [-0.1, -0.05) is 0 Å². The molecule has 1 atom stereocenters. The van der Waals surface area contributed by atoms with Crippen molar-refractivity contribution < 1.29 is 12.8 Å². The lowest BCUT2D eigenvalue weighted by atomic mass is 10.2. The first-order valence-corrected chi connectivity index (χ1v) is 7.85. The van der Waals surface area contributed by atoms with E-state index in [9.17, 15) is 12.8 Å². The minimum atomic E-state index is -3.86. The molecule has 1 unspecified atom stereocenters. The molecule has 18 heavy (non-hydrogen) atoms. The highest BCUT2D eigenvalue weighted by atomic mass is 79.9. The molecule has 0 spiro atoms. The maximum absolute atomic E-state index is 13.7. The van der Waals surface area contributed by atoms with E-state index in [-0.39, 0.29) is 11.7 Å². The molecule has 2 rings (SSSR count). The van der Waals surface area contributed by atoms with Crippen LogP contribution >= 0.6 is 15.9 Å². The summed E-state index contributed by atoms with van der Waals surface area (Å²) in [4.78, 5) is -0.407. The first kappa shape index (κ1) is 13.8. The smallest absolute Gasteiger partial charge is 0.243 e. The number of nitrogens with one attached hydrogen (secondary N) is 1. The van der Waals surface area contributed by atoms with Gasteiger partial charge in [0.05, 0.1) is 0 Å². The molecule has 0 aliphatic heterocycles. The van der Waals surface area contributed by atoms with Crippen LogP contribution in [-0.2, 0) is 10.0 Å². The molecular formula is C11H14BrFN2O2S. The number of benzene rings is 1. The molecule has 3 N–H and O–H groups in total. The number of anilines is 1. The number of sulfonamides is 1. The maximum Gasteiger partial charge on any atom is 0.243 e. The van der Waals surface area contributed by atoms with Crippen LogP contribution in [0.4, 0.5) is 10.1 Å². The van der Waals surface area contributed by atoms with Gasteiger partial charge in [0.25, 0.3) is 0 Å². The van der Waals surface area contributed by atoms with Crippen molar-refractivity contribution >= 4 is 31.6 Å². The third-order valence-corrected chi connectivity index (χ3v) is 5.27. The lowest BCUT2D eigenvalue weighted by Gasteiger charge is -2.14. The van der Waals surface area contributed by atoms with E-state index in [4.69, 9.17) is 5.73 Å². The molecule has 1 saturated carbocycles. The molecule has 7 heteroatoms. The van der Waals surface area contributed by atoms with Crippen molar-refractivity contribution in [3.05, 3.63) is 22.4 Å². The topological polar surface area (TPSA) is 72.2 Å². The summed E-state index contributed by atoms with van der Waals surface area (Å²) in [6.07, 6.45) is 2.02. The van der Waals surface area contributed by atoms with Crippen molar-refractivity contribution in [2.24, 2.45) is 5.92 Å². The zero-order valence-corrected chi connectivity index (χ0v) is 12.2. The Kier molecular flexibility index (Phi) is 3.66. The number of halogens is 2. The van der Waals surface area contributed by atoms with E-state index in [0.29, 0.717) is 10.4 Å². The molecule has 0 saturated heterocycles. The van der Waals surface area contributed by atoms with Gasteiger partial charge < -0.3 is 5.73 Å². The Hall–Kier alpha value is -0.660. The van der Waals surface area contributed by atoms with Gasteiger partial charge in [-0.2, -0.15) is 0 Å². The number of rotatable bonds is 4. The summed E-state index contributed by atoms with van der Waals surface area (Å²) in [6.45, 7) is 1.79. The molecule has 1 aromatic carbocycles. The van der Waals surface area contributed by atoms with Crippen LogP contribution in [0, 0.1) is 11.7 Å². The summed E-state index contributed by atoms with van der Waals surface area (Å²) in [5.74, 6) is -0.456. The predicted octanol–water partition coefficient (Wildman–Crippen LogP) is 2.25. The van der Waals surface area contributed by atoms with Crippen molar-refractivity contribution in [3.63, 3.8) is 0 Å². The van der Waals surface area contributed by atoms with E-state index in [2.05, 4.69) is 20.7 Å². The molecule has 100 valence electrons. The molecule has 0 aromatic heterocycles. The molecule has 0 radical (unpaired) electrons. The van der Waals surface area contributed by atoms with Crippen LogP contribution in [0.1, 0.15) is 19.8 Å². The fourth-order valence-electron chi connectivity index (χ4n) is 1.75. The molecule has 1 aliphatic carbocycles. The van der Waals surface area contributed by atoms with E-state index in [1.807, 2.05) is 0 Å². The zero-order chi connectivity index (χ0) is 13.5. The van der Waals surface area contributed by atoms with E-state index < -0.39 is 20.7 Å². The number of nitrogens with two attached hydrogens (primary N) is 1. The van der Waals surface area contributed by atoms with Crippen molar-refractivity contribution in [2.75, 3.05) is 5.73 Å². The Labute approximate surface area is 114 Å². The Bertz CT molecular complexity index is 573. The first-order valence-electron chi connectivity index (χ1n) is 5.58. The lowest BCUT2D eigenvalue weighted by molar-refractivity contribution is 0.526. The second-order valence-electron chi connectivity index (χ2n) is 4.55. The fourth-order valence-corrected chi connectivity index (χ4v) is 3.47. The van der Waals surface area contributed by atoms with Gasteiger partial charge in [-0.25, -0.2) is 17.5 Å². The van der Waals surface area contributed by atoms with Crippen molar-refractivity contribution in [1.29, 1.82) is 0 Å². The van der Waals surface area contributed by atoms with Crippen LogP contribution in [0.2, 0.25) is 0 Å². The molecule has 0 bridgehead atoms. The van der Waals surface area contributed by atoms with E-state index >= 15 is 0 Å². The van der Waals surface area contributed by atoms with Crippen molar-refractivity contribution in [3.8, 4) is 0 Å². The minimum Gasteiger partial charge on any atom is -0.398 e. The van der Waals surface area contributed by atoms with E-state index in [1.54, 1.807) is 6.92 Å². The largest absolute Gasteiger partial charge is 0.398 e. The molecule has 1 aromatic rings. The Morgan fingerprint density at radius 2 is 2.11 bits per heavy atom. The quantitative estimate of drug-likeness (QED) is 0.828. The van der Waals surface area contributed by atoms with Crippen LogP contribution < -0.4 is 10.5 Å². The van der Waals surface area contributed by atoms with Gasteiger partial charge in [0.2, 0.25) is 10.0 Å². The minimum absolute atomic E-state index is 0.181. The summed E-state index contributed by atoms with van der Waals surface area (Å²) >= 11 is 3.05. The molecule has 1 fully saturated rings. The summed E-state index contributed by atoms with van der Waals surface area (Å²) in [5.41, 5.74) is 5.77. The van der Waals surface area contributed by atoms with E-state index in [1.165, 1.54) is 0 Å². The maximum atomic E-state index is 13.7. The lowest BCUT2D eigenvalue weighted by Crippen LogP contribution is -2.34. The summed E-state index contributed by atoms with van der Waals surface area (Å²) in [6, 6.07) is 2.01. The van der Waals surface area contributed by atoms with Gasteiger partial charge in [0.1, 0.15) is 10.7 Å². The standard InChI is InChI=1S/C11H14BrFN2O2S/c1-6(7-2-3-7)15-18(16,17)11-5-10(14)8(12)4-9(11)13/h4-7,15H,2-3,14H2,1H3. The van der Waals surface area contributed by atoms with Gasteiger partial charge in [0.15, 0.2) is 0 Å². The van der Waals surface area contributed by atoms with Crippen LogP contribution in [0.5, 0.6) is 0 Å². The third kappa shape index (κ3) is 2.84. The second-order valence-corrected chi connectivity index (χ2v) is 7.09. The summed E-state index contributed by atoms with van der Waals surface area (Å²) in [5, 5.41) is 0. The molecule has 0 amide bonds. The normalized spacial score (nSPS) is 17.7. The zero-order valence-electron chi connectivity index (χ0n) is 9.78. The average molecular weight is 337 g/mol. The highest BCUT2D eigenvalue weighted by molar-refractivity contribution is 9.10. The van der Waals surface area contributed by atoms with Gasteiger partial charge in [-0.3, -0.25) is 0 Å². The molecule has 0 heterocycles. The highest BCUT2D eigenvalue weighted by Gasteiger charge is 2.32. The molecule has 1 aliphatic rings. The fraction of sp³-hybridized carbons (Fsp3) is 0.455. The van der Waals surface area contributed by atoms with Crippen LogP contribution in [-0.4, -0.2) is 14.5 Å². The second kappa shape index (κ2) is 4.79. The number of hydrogen-bond donors (Lipinski definition) is 2. The monoisotopic (exact) mass is 336 g/mol. The SMILES string of the molecule is CC(NS(=O)(=O)c1cc(N)c(Br)cc1F)C1CC1. The predicted molar refractivity (Wildman–Crippen MR) is 71.0 cm³/mol. The summed E-state index contributed by atoms with van der Waals surface area (Å²) in [7, 11) is -3.86. The van der Waals surface area contributed by atoms with Crippen LogP contribution in [0.25, 0.3) is 0 Å². The Morgan fingerprint density at radius 1 is 1.50 bits per heavy atom. The van der Waals surface area contributed by atoms with Crippen molar-refractivity contribution in [2.45, 2.75) is 30.7 Å². The number of hydrogen-bond acceptors (Lipinski definition) is 3.